The van der Waals surface area contributed by atoms with Crippen LogP contribution in [0.25, 0.3) is 0 Å². The molecule has 0 heterocycles. The van der Waals surface area contributed by atoms with Gasteiger partial charge in [-0.2, -0.15) is 0 Å². The van der Waals surface area contributed by atoms with Crippen LogP contribution in [0.1, 0.15) is 11.1 Å². The summed E-state index contributed by atoms with van der Waals surface area (Å²) in [6, 6.07) is 10.1. The molecule has 2 N–H and O–H groups in total. The van der Waals surface area contributed by atoms with Crippen LogP contribution in [-0.2, 0) is 6.54 Å². The maximum Gasteiger partial charge on any atom is 0.141 e. The summed E-state index contributed by atoms with van der Waals surface area (Å²) in [5.74, 6) is 0.947. The molecule has 2 aromatic rings. The van der Waals surface area contributed by atoms with Gasteiger partial charge in [0, 0.05) is 12.1 Å². The van der Waals surface area contributed by atoms with Crippen molar-refractivity contribution in [1.82, 2.24) is 0 Å². The molecule has 0 aliphatic heterocycles. The van der Waals surface area contributed by atoms with E-state index in [1.165, 1.54) is 12.1 Å². The van der Waals surface area contributed by atoms with Gasteiger partial charge in [0.25, 0.3) is 0 Å². The SMILES string of the molecule is Cc1ccc(Oc2ccc(F)cc2Br)c(CN)c1. The van der Waals surface area contributed by atoms with Crippen molar-refractivity contribution in [2.45, 2.75) is 13.5 Å². The molecular formula is C14H13BrFNO. The summed E-state index contributed by atoms with van der Waals surface area (Å²) in [6.45, 7) is 2.40. The first-order valence-electron chi connectivity index (χ1n) is 5.52. The van der Waals surface area contributed by atoms with Crippen LogP contribution in [0.2, 0.25) is 0 Å². The Bertz CT molecular complexity index is 572. The fourth-order valence-corrected chi connectivity index (χ4v) is 2.08. The van der Waals surface area contributed by atoms with Gasteiger partial charge in [0.1, 0.15) is 17.3 Å². The minimum absolute atomic E-state index is 0.308. The first-order valence-corrected chi connectivity index (χ1v) is 6.32. The molecule has 0 aliphatic rings. The predicted octanol–water partition coefficient (Wildman–Crippen LogP) is 4.15. The van der Waals surface area contributed by atoms with Gasteiger partial charge < -0.3 is 10.5 Å². The van der Waals surface area contributed by atoms with Crippen LogP contribution in [0.15, 0.2) is 40.9 Å². The summed E-state index contributed by atoms with van der Waals surface area (Å²) in [5.41, 5.74) is 7.73. The molecule has 0 radical (unpaired) electrons. The van der Waals surface area contributed by atoms with Gasteiger partial charge in [-0.25, -0.2) is 4.39 Å². The maximum absolute atomic E-state index is 13.0. The molecule has 2 nitrogen and oxygen atoms in total. The van der Waals surface area contributed by atoms with Crippen LogP contribution in [0.5, 0.6) is 11.5 Å². The van der Waals surface area contributed by atoms with Gasteiger partial charge in [0.2, 0.25) is 0 Å². The smallest absolute Gasteiger partial charge is 0.141 e. The Kier molecular flexibility index (Phi) is 3.99. The molecule has 18 heavy (non-hydrogen) atoms. The molecule has 0 spiro atoms. The summed E-state index contributed by atoms with van der Waals surface area (Å²) in [4.78, 5) is 0. The lowest BCUT2D eigenvalue weighted by Crippen LogP contribution is -2.00. The second-order valence-electron chi connectivity index (χ2n) is 3.99. The van der Waals surface area contributed by atoms with Gasteiger partial charge in [0.15, 0.2) is 0 Å². The quantitative estimate of drug-likeness (QED) is 0.924. The van der Waals surface area contributed by atoms with Gasteiger partial charge in [-0.1, -0.05) is 17.7 Å². The van der Waals surface area contributed by atoms with Gasteiger partial charge in [0.05, 0.1) is 4.47 Å². The minimum atomic E-state index is -0.308. The van der Waals surface area contributed by atoms with E-state index in [-0.39, 0.29) is 5.82 Å². The van der Waals surface area contributed by atoms with E-state index >= 15 is 0 Å². The summed E-state index contributed by atoms with van der Waals surface area (Å²) < 4.78 is 19.3. The molecule has 0 bridgehead atoms. The van der Waals surface area contributed by atoms with E-state index in [0.717, 1.165) is 11.1 Å². The molecule has 0 atom stereocenters. The van der Waals surface area contributed by atoms with Crippen LogP contribution < -0.4 is 10.5 Å². The van der Waals surface area contributed by atoms with Crippen LogP contribution in [0.3, 0.4) is 0 Å². The zero-order valence-electron chi connectivity index (χ0n) is 9.91. The molecule has 0 aromatic heterocycles. The van der Waals surface area contributed by atoms with Crippen LogP contribution in [-0.4, -0.2) is 0 Å². The number of hydrogen-bond acceptors (Lipinski definition) is 2. The number of ether oxygens (including phenoxy) is 1. The third kappa shape index (κ3) is 2.89. The van der Waals surface area contributed by atoms with E-state index in [9.17, 15) is 4.39 Å². The number of hydrogen-bond donors (Lipinski definition) is 1. The van der Waals surface area contributed by atoms with Gasteiger partial charge in [-0.15, -0.1) is 0 Å². The second-order valence-corrected chi connectivity index (χ2v) is 4.85. The van der Waals surface area contributed by atoms with Crippen molar-refractivity contribution in [3.63, 3.8) is 0 Å². The van der Waals surface area contributed by atoms with E-state index < -0.39 is 0 Å². The molecular weight excluding hydrogens is 297 g/mol. The van der Waals surface area contributed by atoms with Crippen molar-refractivity contribution in [2.75, 3.05) is 0 Å². The zero-order valence-corrected chi connectivity index (χ0v) is 11.5. The van der Waals surface area contributed by atoms with Crippen molar-refractivity contribution >= 4 is 15.9 Å². The highest BCUT2D eigenvalue weighted by molar-refractivity contribution is 9.10. The highest BCUT2D eigenvalue weighted by Gasteiger charge is 2.07. The van der Waals surface area contributed by atoms with Crippen LogP contribution in [0.4, 0.5) is 4.39 Å². The van der Waals surface area contributed by atoms with Crippen molar-refractivity contribution < 1.29 is 9.13 Å². The van der Waals surface area contributed by atoms with E-state index in [4.69, 9.17) is 10.5 Å². The monoisotopic (exact) mass is 309 g/mol. The molecule has 0 aliphatic carbocycles. The molecule has 4 heteroatoms. The topological polar surface area (TPSA) is 35.2 Å². The van der Waals surface area contributed by atoms with Crippen LogP contribution in [0, 0.1) is 12.7 Å². The highest BCUT2D eigenvalue weighted by Crippen LogP contribution is 2.32. The second kappa shape index (κ2) is 5.50. The number of benzene rings is 2. The largest absolute Gasteiger partial charge is 0.456 e. The van der Waals surface area contributed by atoms with E-state index in [1.807, 2.05) is 25.1 Å². The molecule has 0 saturated carbocycles. The molecule has 0 amide bonds. The number of aryl methyl sites for hydroxylation is 1. The number of nitrogens with two attached hydrogens (primary N) is 1. The van der Waals surface area contributed by atoms with E-state index in [1.54, 1.807) is 6.07 Å². The Balaban J connectivity index is 2.33. The lowest BCUT2D eigenvalue weighted by atomic mass is 10.1. The molecule has 0 unspecified atom stereocenters. The first kappa shape index (κ1) is 13.1. The normalized spacial score (nSPS) is 10.4. The predicted molar refractivity (Wildman–Crippen MR) is 73.2 cm³/mol. The van der Waals surface area contributed by atoms with Crippen molar-refractivity contribution in [1.29, 1.82) is 0 Å². The Hall–Kier alpha value is -1.39. The fourth-order valence-electron chi connectivity index (χ4n) is 1.64. The van der Waals surface area contributed by atoms with Crippen molar-refractivity contribution in [2.24, 2.45) is 5.73 Å². The summed E-state index contributed by atoms with van der Waals surface area (Å²) in [7, 11) is 0. The Morgan fingerprint density at radius 1 is 1.17 bits per heavy atom. The minimum Gasteiger partial charge on any atom is -0.456 e. The lowest BCUT2D eigenvalue weighted by molar-refractivity contribution is 0.471. The standard InChI is InChI=1S/C14H13BrFNO/c1-9-2-4-13(10(6-9)8-17)18-14-5-3-11(16)7-12(14)15/h2-7H,8,17H2,1H3. The Morgan fingerprint density at radius 2 is 1.89 bits per heavy atom. The van der Waals surface area contributed by atoms with Crippen LogP contribution >= 0.6 is 15.9 Å². The Labute approximate surface area is 114 Å². The third-order valence-electron chi connectivity index (χ3n) is 2.55. The van der Waals surface area contributed by atoms with E-state index in [0.29, 0.717) is 22.5 Å². The van der Waals surface area contributed by atoms with Gasteiger partial charge in [-0.05, 0) is 47.1 Å². The molecule has 0 saturated heterocycles. The summed E-state index contributed by atoms with van der Waals surface area (Å²) >= 11 is 3.27. The number of rotatable bonds is 3. The highest BCUT2D eigenvalue weighted by atomic mass is 79.9. The summed E-state index contributed by atoms with van der Waals surface area (Å²) in [5, 5.41) is 0. The van der Waals surface area contributed by atoms with Crippen molar-refractivity contribution in [3.8, 4) is 11.5 Å². The van der Waals surface area contributed by atoms with Gasteiger partial charge in [-0.3, -0.25) is 0 Å². The average Bonchev–Trinajstić information content (AvgIpc) is 2.34. The molecule has 2 aromatic carbocycles. The molecule has 2 rings (SSSR count). The Morgan fingerprint density at radius 3 is 2.56 bits per heavy atom. The summed E-state index contributed by atoms with van der Waals surface area (Å²) in [6.07, 6.45) is 0. The lowest BCUT2D eigenvalue weighted by Gasteiger charge is -2.12. The molecule has 0 fully saturated rings. The maximum atomic E-state index is 13.0. The third-order valence-corrected chi connectivity index (χ3v) is 3.17. The average molecular weight is 310 g/mol. The van der Waals surface area contributed by atoms with Crippen molar-refractivity contribution in [3.05, 3.63) is 57.8 Å². The fraction of sp³-hybridized carbons (Fsp3) is 0.143. The van der Waals surface area contributed by atoms with Gasteiger partial charge >= 0.3 is 0 Å². The first-order chi connectivity index (χ1) is 8.60. The zero-order chi connectivity index (χ0) is 13.1. The number of halogens is 2. The molecule has 94 valence electrons. The van der Waals surface area contributed by atoms with E-state index in [2.05, 4.69) is 15.9 Å².